The summed E-state index contributed by atoms with van der Waals surface area (Å²) in [4.78, 5) is 26.6. The molecular weight excluding hydrogens is 369 g/mol. The van der Waals surface area contributed by atoms with E-state index in [-0.39, 0.29) is 23.4 Å². The fourth-order valence-electron chi connectivity index (χ4n) is 3.96. The van der Waals surface area contributed by atoms with Gasteiger partial charge in [0.05, 0.1) is 16.1 Å². The topological polar surface area (TPSA) is 88.0 Å². The molecule has 1 aromatic carbocycles. The van der Waals surface area contributed by atoms with Crippen LogP contribution in [0.1, 0.15) is 60.1 Å². The predicted molar refractivity (Wildman–Crippen MR) is 103 cm³/mol. The van der Waals surface area contributed by atoms with Crippen molar-refractivity contribution in [1.29, 1.82) is 0 Å². The van der Waals surface area contributed by atoms with E-state index in [9.17, 15) is 9.59 Å². The highest BCUT2D eigenvalue weighted by Crippen LogP contribution is 2.42. The van der Waals surface area contributed by atoms with Crippen LogP contribution in [0.5, 0.6) is 0 Å². The SMILES string of the molecule is CC#CC(=O)NC1CCCC(c2c(F)cc(C(N)=O)c3[nH]c(C)c(Cl)c23)C1. The fraction of sp³-hybridized carbons (Fsp3) is 0.400. The molecule has 1 aromatic heterocycles. The van der Waals surface area contributed by atoms with Crippen LogP contribution in [0.15, 0.2) is 6.07 Å². The van der Waals surface area contributed by atoms with Crippen LogP contribution >= 0.6 is 11.6 Å². The number of aryl methyl sites for hydroxylation is 1. The maximum absolute atomic E-state index is 15.0. The zero-order valence-corrected chi connectivity index (χ0v) is 16.0. The summed E-state index contributed by atoms with van der Waals surface area (Å²) in [6.45, 7) is 3.37. The van der Waals surface area contributed by atoms with Gasteiger partial charge in [-0.2, -0.15) is 0 Å². The number of carbonyl (C=O) groups excluding carboxylic acids is 2. The number of primary amides is 1. The van der Waals surface area contributed by atoms with Crippen molar-refractivity contribution in [2.24, 2.45) is 5.73 Å². The summed E-state index contributed by atoms with van der Waals surface area (Å²) in [6.07, 6.45) is 3.01. The second-order valence-electron chi connectivity index (χ2n) is 6.91. The maximum Gasteiger partial charge on any atom is 0.296 e. The number of H-pyrrole nitrogens is 1. The van der Waals surface area contributed by atoms with Crippen molar-refractivity contribution in [2.45, 2.75) is 51.5 Å². The third-order valence-electron chi connectivity index (χ3n) is 5.10. The Morgan fingerprint density at radius 3 is 2.81 bits per heavy atom. The van der Waals surface area contributed by atoms with Crippen LogP contribution in [0, 0.1) is 24.6 Å². The van der Waals surface area contributed by atoms with Gasteiger partial charge in [0.25, 0.3) is 11.8 Å². The molecular formula is C20H21ClFN3O2. The minimum Gasteiger partial charge on any atom is -0.366 e. The molecule has 27 heavy (non-hydrogen) atoms. The zero-order chi connectivity index (χ0) is 19.7. The number of nitrogens with one attached hydrogen (secondary N) is 2. The number of halogens is 2. The summed E-state index contributed by atoms with van der Waals surface area (Å²) in [7, 11) is 0. The molecule has 0 aliphatic heterocycles. The van der Waals surface area contributed by atoms with Crippen LogP contribution in [-0.4, -0.2) is 22.8 Å². The Labute approximate surface area is 161 Å². The summed E-state index contributed by atoms with van der Waals surface area (Å²) >= 11 is 6.44. The van der Waals surface area contributed by atoms with Gasteiger partial charge in [-0.3, -0.25) is 9.59 Å². The lowest BCUT2D eigenvalue weighted by Crippen LogP contribution is -2.37. The van der Waals surface area contributed by atoms with Crippen LogP contribution in [0.4, 0.5) is 4.39 Å². The Balaban J connectivity index is 2.04. The summed E-state index contributed by atoms with van der Waals surface area (Å²) in [5.74, 6) is 3.38. The van der Waals surface area contributed by atoms with E-state index in [1.807, 2.05) is 0 Å². The molecule has 1 aliphatic carbocycles. The molecule has 4 N–H and O–H groups in total. The predicted octanol–water partition coefficient (Wildman–Crippen LogP) is 3.53. The molecule has 0 bridgehead atoms. The van der Waals surface area contributed by atoms with E-state index < -0.39 is 11.7 Å². The smallest absolute Gasteiger partial charge is 0.296 e. The van der Waals surface area contributed by atoms with Crippen molar-refractivity contribution in [3.63, 3.8) is 0 Å². The number of benzene rings is 1. The minimum atomic E-state index is -0.713. The number of amides is 2. The van der Waals surface area contributed by atoms with Crippen molar-refractivity contribution < 1.29 is 14.0 Å². The van der Waals surface area contributed by atoms with Crippen molar-refractivity contribution in [1.82, 2.24) is 10.3 Å². The lowest BCUT2D eigenvalue weighted by Gasteiger charge is -2.30. The third-order valence-corrected chi connectivity index (χ3v) is 5.57. The summed E-state index contributed by atoms with van der Waals surface area (Å²) < 4.78 is 15.0. The van der Waals surface area contributed by atoms with Crippen molar-refractivity contribution >= 4 is 34.3 Å². The van der Waals surface area contributed by atoms with Gasteiger partial charge < -0.3 is 16.0 Å². The van der Waals surface area contributed by atoms with Gasteiger partial charge in [-0.15, -0.1) is 0 Å². The van der Waals surface area contributed by atoms with Gasteiger partial charge in [0.15, 0.2) is 0 Å². The molecule has 7 heteroatoms. The monoisotopic (exact) mass is 389 g/mol. The Bertz CT molecular complexity index is 987. The van der Waals surface area contributed by atoms with Gasteiger partial charge in [0.1, 0.15) is 5.82 Å². The molecule has 2 unspecified atom stereocenters. The molecule has 5 nitrogen and oxygen atoms in total. The van der Waals surface area contributed by atoms with E-state index in [4.69, 9.17) is 17.3 Å². The number of hydrogen-bond donors (Lipinski definition) is 3. The van der Waals surface area contributed by atoms with Gasteiger partial charge >= 0.3 is 0 Å². The zero-order valence-electron chi connectivity index (χ0n) is 15.2. The van der Waals surface area contributed by atoms with E-state index in [0.717, 1.165) is 19.3 Å². The lowest BCUT2D eigenvalue weighted by atomic mass is 9.79. The summed E-state index contributed by atoms with van der Waals surface area (Å²) in [5.41, 5.74) is 7.09. The standard InChI is InChI=1S/C20H21ClFN3O2/c1-3-5-15(26)25-12-7-4-6-11(8-12)16-14(22)9-13(20(23)27)19-17(16)18(21)10(2)24-19/h9,11-12,24H,4,6-8H2,1-2H3,(H2,23,27)(H,25,26). The first-order chi connectivity index (χ1) is 12.8. The van der Waals surface area contributed by atoms with E-state index >= 15 is 4.39 Å². The molecule has 1 heterocycles. The molecule has 142 valence electrons. The highest BCUT2D eigenvalue weighted by molar-refractivity contribution is 6.37. The van der Waals surface area contributed by atoms with Crippen molar-refractivity contribution in [3.05, 3.63) is 33.7 Å². The quantitative estimate of drug-likeness (QED) is 0.701. The van der Waals surface area contributed by atoms with Gasteiger partial charge in [0, 0.05) is 22.7 Å². The summed E-state index contributed by atoms with van der Waals surface area (Å²) in [5, 5.41) is 3.79. The first-order valence-electron chi connectivity index (χ1n) is 8.86. The first-order valence-corrected chi connectivity index (χ1v) is 9.24. The molecule has 2 amide bonds. The van der Waals surface area contributed by atoms with E-state index in [1.165, 1.54) is 6.07 Å². The minimum absolute atomic E-state index is 0.0822. The van der Waals surface area contributed by atoms with Gasteiger partial charge in [-0.25, -0.2) is 4.39 Å². The lowest BCUT2D eigenvalue weighted by molar-refractivity contribution is -0.116. The van der Waals surface area contributed by atoms with Crippen LogP contribution < -0.4 is 11.1 Å². The number of rotatable bonds is 3. The van der Waals surface area contributed by atoms with Gasteiger partial charge in [-0.05, 0) is 51.0 Å². The number of fused-ring (bicyclic) bond motifs is 1. The highest BCUT2D eigenvalue weighted by atomic mass is 35.5. The average Bonchev–Trinajstić information content (AvgIpc) is 2.90. The fourth-order valence-corrected chi connectivity index (χ4v) is 4.21. The number of carbonyl (C=O) groups is 2. The van der Waals surface area contributed by atoms with Crippen LogP contribution in [0.3, 0.4) is 0 Å². The van der Waals surface area contributed by atoms with Crippen LogP contribution in [0.2, 0.25) is 5.02 Å². The number of aromatic nitrogens is 1. The Morgan fingerprint density at radius 1 is 1.41 bits per heavy atom. The highest BCUT2D eigenvalue weighted by Gasteiger charge is 2.30. The van der Waals surface area contributed by atoms with Gasteiger partial charge in [0.2, 0.25) is 0 Å². The average molecular weight is 390 g/mol. The molecule has 3 rings (SSSR count). The third kappa shape index (κ3) is 3.65. The maximum atomic E-state index is 15.0. The molecule has 0 spiro atoms. The van der Waals surface area contributed by atoms with Gasteiger partial charge in [-0.1, -0.05) is 23.9 Å². The largest absolute Gasteiger partial charge is 0.366 e. The van der Waals surface area contributed by atoms with Crippen LogP contribution in [0.25, 0.3) is 10.9 Å². The first kappa shape index (κ1) is 19.2. The molecule has 1 aliphatic rings. The molecule has 2 atom stereocenters. The second kappa shape index (κ2) is 7.61. The molecule has 2 aromatic rings. The number of nitrogens with two attached hydrogens (primary N) is 1. The normalized spacial score (nSPS) is 19.4. The van der Waals surface area contributed by atoms with E-state index in [2.05, 4.69) is 22.1 Å². The van der Waals surface area contributed by atoms with E-state index in [0.29, 0.717) is 33.6 Å². The van der Waals surface area contributed by atoms with Crippen LogP contribution in [-0.2, 0) is 4.79 Å². The van der Waals surface area contributed by atoms with Crippen molar-refractivity contribution in [3.8, 4) is 11.8 Å². The second-order valence-corrected chi connectivity index (χ2v) is 7.28. The molecule has 0 radical (unpaired) electrons. The Morgan fingerprint density at radius 2 is 2.15 bits per heavy atom. The molecule has 1 saturated carbocycles. The molecule has 1 fully saturated rings. The van der Waals surface area contributed by atoms with E-state index in [1.54, 1.807) is 13.8 Å². The molecule has 0 saturated heterocycles. The summed E-state index contributed by atoms with van der Waals surface area (Å²) in [6, 6.07) is 1.10. The Kier molecular flexibility index (Phi) is 5.43. The van der Waals surface area contributed by atoms with Crippen molar-refractivity contribution in [2.75, 3.05) is 0 Å². The number of hydrogen-bond acceptors (Lipinski definition) is 2. The Hall–Kier alpha value is -2.52. The number of aromatic amines is 1.